The number of aryl methyl sites for hydroxylation is 2. The van der Waals surface area contributed by atoms with Crippen LogP contribution in [0.1, 0.15) is 49.1 Å². The van der Waals surface area contributed by atoms with Crippen LogP contribution in [0.3, 0.4) is 0 Å². The van der Waals surface area contributed by atoms with Gasteiger partial charge in [-0.05, 0) is 60.4 Å². The van der Waals surface area contributed by atoms with E-state index in [4.69, 9.17) is 4.74 Å². The van der Waals surface area contributed by atoms with E-state index in [1.165, 1.54) is 0 Å². The van der Waals surface area contributed by atoms with E-state index in [0.29, 0.717) is 11.6 Å². The molecular weight excluding hydrogens is 378 g/mol. The number of benzene rings is 2. The standard InChI is InChI=1S/C23H27N5O2/c1-17-11-10-12-18(2)20(17)28-21(24-25-26-28)23(15-8-5-9-16-23)27(3)22(29)30-19-13-6-4-7-14-19/h4,6-7,10-14H,5,8-9,15-16H2,1-3H3. The molecule has 0 spiro atoms. The van der Waals surface area contributed by atoms with Gasteiger partial charge in [-0.1, -0.05) is 55.7 Å². The van der Waals surface area contributed by atoms with Crippen LogP contribution < -0.4 is 4.74 Å². The number of aromatic nitrogens is 4. The number of hydrogen-bond donors (Lipinski definition) is 0. The van der Waals surface area contributed by atoms with Crippen LogP contribution >= 0.6 is 0 Å². The summed E-state index contributed by atoms with van der Waals surface area (Å²) in [5.74, 6) is 1.21. The van der Waals surface area contributed by atoms with E-state index in [-0.39, 0.29) is 0 Å². The number of tetrazole rings is 1. The van der Waals surface area contributed by atoms with Crippen LogP contribution in [0.2, 0.25) is 0 Å². The molecule has 4 rings (SSSR count). The molecule has 0 N–H and O–H groups in total. The Hall–Kier alpha value is -3.22. The van der Waals surface area contributed by atoms with E-state index in [1.54, 1.807) is 24.1 Å². The molecule has 1 amide bonds. The first-order chi connectivity index (χ1) is 14.5. The molecule has 0 bridgehead atoms. The number of nitrogens with zero attached hydrogens (tertiary/aromatic N) is 5. The normalized spacial score (nSPS) is 15.6. The molecule has 30 heavy (non-hydrogen) atoms. The SMILES string of the molecule is Cc1cccc(C)c1-n1nnnc1C1(N(C)C(=O)Oc2ccccc2)CCCCC1. The van der Waals surface area contributed by atoms with Crippen LogP contribution in [0.4, 0.5) is 4.79 Å². The van der Waals surface area contributed by atoms with E-state index in [1.807, 2.05) is 28.9 Å². The lowest BCUT2D eigenvalue weighted by Gasteiger charge is -2.42. The molecule has 0 aliphatic heterocycles. The predicted octanol–water partition coefficient (Wildman–Crippen LogP) is 4.57. The molecule has 3 aromatic rings. The fraction of sp³-hybridized carbons (Fsp3) is 0.391. The third-order valence-electron chi connectivity index (χ3n) is 6.08. The Kier molecular flexibility index (Phi) is 5.53. The molecule has 0 unspecified atom stereocenters. The van der Waals surface area contributed by atoms with Crippen molar-refractivity contribution in [3.63, 3.8) is 0 Å². The minimum Gasteiger partial charge on any atom is -0.410 e. The number of ether oxygens (including phenoxy) is 1. The Morgan fingerprint density at radius 1 is 1.00 bits per heavy atom. The summed E-state index contributed by atoms with van der Waals surface area (Å²) in [4.78, 5) is 14.8. The fourth-order valence-corrected chi connectivity index (χ4v) is 4.45. The molecule has 0 saturated heterocycles. The van der Waals surface area contributed by atoms with Gasteiger partial charge in [0.05, 0.1) is 5.69 Å². The lowest BCUT2D eigenvalue weighted by molar-refractivity contribution is 0.0622. The monoisotopic (exact) mass is 405 g/mol. The van der Waals surface area contributed by atoms with Crippen LogP contribution in [-0.4, -0.2) is 38.2 Å². The topological polar surface area (TPSA) is 73.1 Å². The van der Waals surface area contributed by atoms with Crippen LogP contribution in [0.15, 0.2) is 48.5 Å². The van der Waals surface area contributed by atoms with Crippen molar-refractivity contribution in [1.82, 2.24) is 25.1 Å². The lowest BCUT2D eigenvalue weighted by atomic mass is 9.79. The third-order valence-corrected chi connectivity index (χ3v) is 6.08. The van der Waals surface area contributed by atoms with Gasteiger partial charge in [-0.25, -0.2) is 4.79 Å². The number of amides is 1. The van der Waals surface area contributed by atoms with Crippen LogP contribution in [0.5, 0.6) is 5.75 Å². The maximum absolute atomic E-state index is 13.1. The summed E-state index contributed by atoms with van der Waals surface area (Å²) in [5, 5.41) is 12.8. The molecule has 1 aromatic heterocycles. The van der Waals surface area contributed by atoms with E-state index in [2.05, 4.69) is 41.5 Å². The molecule has 1 aliphatic rings. The maximum atomic E-state index is 13.1. The molecule has 7 heteroatoms. The highest BCUT2D eigenvalue weighted by Crippen LogP contribution is 2.42. The largest absolute Gasteiger partial charge is 0.415 e. The van der Waals surface area contributed by atoms with Crippen molar-refractivity contribution < 1.29 is 9.53 Å². The third kappa shape index (κ3) is 3.56. The molecule has 1 aliphatic carbocycles. The molecule has 2 aromatic carbocycles. The van der Waals surface area contributed by atoms with Crippen LogP contribution in [0, 0.1) is 13.8 Å². The van der Waals surface area contributed by atoms with Gasteiger partial charge in [0.25, 0.3) is 0 Å². The van der Waals surface area contributed by atoms with Crippen LogP contribution in [-0.2, 0) is 5.54 Å². The Morgan fingerprint density at radius 2 is 1.67 bits per heavy atom. The predicted molar refractivity (Wildman–Crippen MR) is 114 cm³/mol. The van der Waals surface area contributed by atoms with Crippen molar-refractivity contribution in [2.75, 3.05) is 7.05 Å². The molecule has 7 nitrogen and oxygen atoms in total. The van der Waals surface area contributed by atoms with Gasteiger partial charge >= 0.3 is 6.09 Å². The van der Waals surface area contributed by atoms with Crippen molar-refractivity contribution in [1.29, 1.82) is 0 Å². The highest BCUT2D eigenvalue weighted by Gasteiger charge is 2.46. The van der Waals surface area contributed by atoms with Crippen LogP contribution in [0.25, 0.3) is 5.69 Å². The first kappa shape index (κ1) is 20.1. The van der Waals surface area contributed by atoms with Gasteiger partial charge in [-0.15, -0.1) is 5.10 Å². The smallest absolute Gasteiger partial charge is 0.410 e. The van der Waals surface area contributed by atoms with Gasteiger partial charge in [-0.2, -0.15) is 4.68 Å². The number of carbonyl (C=O) groups is 1. The quantitative estimate of drug-likeness (QED) is 0.636. The number of carbonyl (C=O) groups excluding carboxylic acids is 1. The average Bonchev–Trinajstić information content (AvgIpc) is 3.24. The summed E-state index contributed by atoms with van der Waals surface area (Å²) in [6.07, 6.45) is 4.32. The summed E-state index contributed by atoms with van der Waals surface area (Å²) >= 11 is 0. The first-order valence-corrected chi connectivity index (χ1v) is 10.4. The molecule has 1 saturated carbocycles. The molecule has 156 valence electrons. The van der Waals surface area contributed by atoms with Gasteiger partial charge in [0.1, 0.15) is 11.3 Å². The highest BCUT2D eigenvalue weighted by atomic mass is 16.6. The van der Waals surface area contributed by atoms with Gasteiger partial charge < -0.3 is 4.74 Å². The van der Waals surface area contributed by atoms with Crippen molar-refractivity contribution in [3.8, 4) is 11.4 Å². The first-order valence-electron chi connectivity index (χ1n) is 10.4. The summed E-state index contributed by atoms with van der Waals surface area (Å²) in [7, 11) is 1.79. The van der Waals surface area contributed by atoms with Crippen molar-refractivity contribution in [3.05, 3.63) is 65.5 Å². The lowest BCUT2D eigenvalue weighted by Crippen LogP contribution is -2.51. The second kappa shape index (κ2) is 8.26. The number of hydrogen-bond acceptors (Lipinski definition) is 5. The second-order valence-corrected chi connectivity index (χ2v) is 7.99. The number of para-hydroxylation sites is 2. The molecule has 1 fully saturated rings. The van der Waals surface area contributed by atoms with Crippen molar-refractivity contribution in [2.24, 2.45) is 0 Å². The Balaban J connectivity index is 1.75. The highest BCUT2D eigenvalue weighted by molar-refractivity contribution is 5.71. The minimum atomic E-state index is -0.623. The summed E-state index contributed by atoms with van der Waals surface area (Å²) in [6, 6.07) is 15.3. The zero-order valence-electron chi connectivity index (χ0n) is 17.7. The molecule has 1 heterocycles. The van der Waals surface area contributed by atoms with Crippen molar-refractivity contribution in [2.45, 2.75) is 51.5 Å². The van der Waals surface area contributed by atoms with Gasteiger partial charge in [0.15, 0.2) is 5.82 Å². The Morgan fingerprint density at radius 3 is 2.33 bits per heavy atom. The van der Waals surface area contributed by atoms with E-state index < -0.39 is 11.6 Å². The van der Waals surface area contributed by atoms with E-state index in [9.17, 15) is 4.79 Å². The number of rotatable bonds is 4. The van der Waals surface area contributed by atoms with Gasteiger partial charge in [0, 0.05) is 7.05 Å². The Labute approximate surface area is 176 Å². The van der Waals surface area contributed by atoms with E-state index >= 15 is 0 Å². The molecule has 0 radical (unpaired) electrons. The molecule has 0 atom stereocenters. The fourth-order valence-electron chi connectivity index (χ4n) is 4.45. The molecular formula is C23H27N5O2. The van der Waals surface area contributed by atoms with Gasteiger partial charge in [0.2, 0.25) is 0 Å². The zero-order valence-corrected chi connectivity index (χ0v) is 17.7. The minimum absolute atomic E-state index is 0.404. The summed E-state index contributed by atoms with van der Waals surface area (Å²) < 4.78 is 7.46. The average molecular weight is 406 g/mol. The second-order valence-electron chi connectivity index (χ2n) is 7.99. The maximum Gasteiger partial charge on any atom is 0.415 e. The van der Waals surface area contributed by atoms with Gasteiger partial charge in [-0.3, -0.25) is 4.90 Å². The Bertz CT molecular complexity index is 1000. The van der Waals surface area contributed by atoms with Crippen molar-refractivity contribution >= 4 is 6.09 Å². The summed E-state index contributed by atoms with van der Waals surface area (Å²) in [6.45, 7) is 4.10. The summed E-state index contributed by atoms with van der Waals surface area (Å²) in [5.41, 5.74) is 2.52. The zero-order chi connectivity index (χ0) is 21.1. The van der Waals surface area contributed by atoms with E-state index in [0.717, 1.165) is 48.9 Å².